The van der Waals surface area contributed by atoms with E-state index in [1.165, 1.54) is 11.3 Å². The third-order valence-electron chi connectivity index (χ3n) is 7.40. The first-order valence-electron chi connectivity index (χ1n) is 14.0. The van der Waals surface area contributed by atoms with Crippen LogP contribution in [0.1, 0.15) is 71.1 Å². The van der Waals surface area contributed by atoms with Crippen molar-refractivity contribution in [3.63, 3.8) is 0 Å². The highest BCUT2D eigenvalue weighted by molar-refractivity contribution is 5.92. The predicted molar refractivity (Wildman–Crippen MR) is 141 cm³/mol. The molecule has 0 spiro atoms. The molecule has 4 N–H and O–H groups in total. The number of likely N-dealkylation sites (tertiary alicyclic amines) is 1. The van der Waals surface area contributed by atoms with Gasteiger partial charge in [-0.1, -0.05) is 19.3 Å². The third-order valence-corrected chi connectivity index (χ3v) is 7.40. The number of carbonyl (C=O) groups is 4. The molecule has 12 heteroatoms. The molecule has 2 aliphatic carbocycles. The second-order valence-electron chi connectivity index (χ2n) is 10.6. The van der Waals surface area contributed by atoms with Crippen LogP contribution >= 0.6 is 0 Å². The van der Waals surface area contributed by atoms with E-state index in [0.29, 0.717) is 19.1 Å². The van der Waals surface area contributed by atoms with E-state index in [9.17, 15) is 19.2 Å². The monoisotopic (exact) mass is 536 g/mol. The smallest absolute Gasteiger partial charge is 0.407 e. The molecule has 2 saturated carbocycles. The standard InChI is InChI=1S/C26H44N6O6/c1-2-37-24(34)16-32(21-10-11-21)25(35)22(30-26(36)38-17-19-7-4-3-5-8-19)13-23(33)28-14-20-9-6-12-31(15-20)18-29-27/h18-22H,2-17,27H2,1H3,(H,28,33)(H,30,36)/t20-,22-/m0/s1. The highest BCUT2D eigenvalue weighted by Gasteiger charge is 2.39. The largest absolute Gasteiger partial charge is 0.465 e. The Kier molecular flexibility index (Phi) is 11.9. The number of piperidine rings is 1. The van der Waals surface area contributed by atoms with Crippen molar-refractivity contribution in [1.82, 2.24) is 20.4 Å². The van der Waals surface area contributed by atoms with Gasteiger partial charge in [0.25, 0.3) is 0 Å². The fraction of sp³-hybridized carbons (Fsp3) is 0.808. The van der Waals surface area contributed by atoms with Gasteiger partial charge in [0.2, 0.25) is 11.8 Å². The maximum Gasteiger partial charge on any atom is 0.407 e. The summed E-state index contributed by atoms with van der Waals surface area (Å²) < 4.78 is 10.5. The Bertz CT molecular complexity index is 829. The van der Waals surface area contributed by atoms with Gasteiger partial charge in [-0.3, -0.25) is 14.4 Å². The predicted octanol–water partition coefficient (Wildman–Crippen LogP) is 1.34. The van der Waals surface area contributed by atoms with E-state index in [2.05, 4.69) is 15.7 Å². The lowest BCUT2D eigenvalue weighted by atomic mass is 9.90. The molecular formula is C26H44N6O6. The number of amides is 3. The molecule has 0 bridgehead atoms. The number of esters is 1. The van der Waals surface area contributed by atoms with Crippen molar-refractivity contribution in [3.8, 4) is 0 Å². The molecule has 3 amide bonds. The van der Waals surface area contributed by atoms with Crippen LogP contribution in [0.4, 0.5) is 4.79 Å². The van der Waals surface area contributed by atoms with Gasteiger partial charge in [0.1, 0.15) is 18.9 Å². The van der Waals surface area contributed by atoms with E-state index in [1.54, 1.807) is 13.3 Å². The van der Waals surface area contributed by atoms with Crippen LogP contribution in [0.25, 0.3) is 0 Å². The summed E-state index contributed by atoms with van der Waals surface area (Å²) in [5, 5.41) is 9.09. The number of nitrogens with zero attached hydrogens (tertiary/aromatic N) is 3. The summed E-state index contributed by atoms with van der Waals surface area (Å²) in [6.07, 6.45) is 9.56. The summed E-state index contributed by atoms with van der Waals surface area (Å²) in [7, 11) is 0. The van der Waals surface area contributed by atoms with Crippen molar-refractivity contribution in [3.05, 3.63) is 0 Å². The summed E-state index contributed by atoms with van der Waals surface area (Å²) in [4.78, 5) is 54.7. The normalized spacial score (nSPS) is 21.0. The van der Waals surface area contributed by atoms with Gasteiger partial charge in [-0.2, -0.15) is 5.10 Å². The molecule has 0 unspecified atom stereocenters. The minimum absolute atomic E-state index is 0.102. The lowest BCUT2D eigenvalue weighted by Gasteiger charge is -2.31. The Labute approximate surface area is 225 Å². The van der Waals surface area contributed by atoms with Gasteiger partial charge in [-0.25, -0.2) is 4.79 Å². The van der Waals surface area contributed by atoms with E-state index in [4.69, 9.17) is 15.3 Å². The van der Waals surface area contributed by atoms with E-state index < -0.39 is 24.0 Å². The molecule has 0 aromatic heterocycles. The van der Waals surface area contributed by atoms with Crippen LogP contribution in [-0.2, 0) is 23.9 Å². The van der Waals surface area contributed by atoms with Crippen LogP contribution in [0.3, 0.4) is 0 Å². The Balaban J connectivity index is 1.59. The quantitative estimate of drug-likeness (QED) is 0.105. The first-order valence-corrected chi connectivity index (χ1v) is 14.0. The van der Waals surface area contributed by atoms with Gasteiger partial charge >= 0.3 is 12.1 Å². The molecule has 1 heterocycles. The summed E-state index contributed by atoms with van der Waals surface area (Å²) in [6, 6.07) is -1.24. The number of alkyl carbamates (subject to hydrolysis) is 1. The van der Waals surface area contributed by atoms with Gasteiger partial charge in [0, 0.05) is 25.7 Å². The first-order chi connectivity index (χ1) is 18.4. The minimum atomic E-state index is -1.14. The average Bonchev–Trinajstić information content (AvgIpc) is 3.75. The fourth-order valence-electron chi connectivity index (χ4n) is 5.23. The Morgan fingerprint density at radius 3 is 2.47 bits per heavy atom. The zero-order valence-corrected chi connectivity index (χ0v) is 22.6. The summed E-state index contributed by atoms with van der Waals surface area (Å²) in [5.74, 6) is 4.45. The number of nitrogens with one attached hydrogen (secondary N) is 2. The summed E-state index contributed by atoms with van der Waals surface area (Å²) in [5.41, 5.74) is 0. The SMILES string of the molecule is CCOC(=O)CN(C(=O)[C@H](CC(=O)NC[C@@H]1CCCN(C=NN)C1)NC(=O)OCC1CCCCC1)C1CC1. The zero-order valence-electron chi connectivity index (χ0n) is 22.6. The Morgan fingerprint density at radius 1 is 1.05 bits per heavy atom. The molecule has 3 fully saturated rings. The maximum atomic E-state index is 13.5. The number of ether oxygens (including phenoxy) is 2. The molecule has 214 valence electrons. The van der Waals surface area contributed by atoms with E-state index >= 15 is 0 Å². The fourth-order valence-corrected chi connectivity index (χ4v) is 5.23. The van der Waals surface area contributed by atoms with Gasteiger partial charge in [0.15, 0.2) is 0 Å². The van der Waals surface area contributed by atoms with Gasteiger partial charge < -0.3 is 35.7 Å². The molecule has 1 saturated heterocycles. The molecule has 3 rings (SSSR count). The first kappa shape index (κ1) is 29.5. The summed E-state index contributed by atoms with van der Waals surface area (Å²) >= 11 is 0. The number of hydrogen-bond acceptors (Lipinski definition) is 8. The number of rotatable bonds is 13. The van der Waals surface area contributed by atoms with Crippen LogP contribution in [0, 0.1) is 11.8 Å². The van der Waals surface area contributed by atoms with Crippen molar-refractivity contribution >= 4 is 30.2 Å². The Hall–Kier alpha value is -3.05. The molecule has 0 radical (unpaired) electrons. The lowest BCUT2D eigenvalue weighted by molar-refractivity contribution is -0.150. The molecule has 2 atom stereocenters. The van der Waals surface area contributed by atoms with Gasteiger partial charge in [-0.05, 0) is 57.3 Å². The maximum absolute atomic E-state index is 13.5. The van der Waals surface area contributed by atoms with Crippen molar-refractivity contribution in [2.75, 3.05) is 39.4 Å². The number of nitrogens with two attached hydrogens (primary N) is 1. The number of hydrazone groups is 1. The van der Waals surface area contributed by atoms with Crippen LogP contribution in [0.15, 0.2) is 5.10 Å². The molecule has 0 aromatic carbocycles. The molecule has 1 aliphatic heterocycles. The highest BCUT2D eigenvalue weighted by atomic mass is 16.5. The van der Waals surface area contributed by atoms with Crippen LogP contribution < -0.4 is 16.5 Å². The van der Waals surface area contributed by atoms with E-state index in [1.807, 2.05) is 4.90 Å². The number of carbonyl (C=O) groups excluding carboxylic acids is 4. The number of hydrogen-bond donors (Lipinski definition) is 3. The van der Waals surface area contributed by atoms with E-state index in [0.717, 1.165) is 64.5 Å². The zero-order chi connectivity index (χ0) is 27.3. The molecule has 0 aromatic rings. The second-order valence-corrected chi connectivity index (χ2v) is 10.6. The van der Waals surface area contributed by atoms with Crippen LogP contribution in [-0.4, -0.2) is 91.5 Å². The Morgan fingerprint density at radius 2 is 1.79 bits per heavy atom. The molecule has 3 aliphatic rings. The molecule has 12 nitrogen and oxygen atoms in total. The van der Waals surface area contributed by atoms with Crippen molar-refractivity contribution in [1.29, 1.82) is 0 Å². The van der Waals surface area contributed by atoms with Crippen molar-refractivity contribution in [2.24, 2.45) is 22.8 Å². The molecular weight excluding hydrogens is 492 g/mol. The van der Waals surface area contributed by atoms with Crippen LogP contribution in [0.5, 0.6) is 0 Å². The average molecular weight is 537 g/mol. The summed E-state index contributed by atoms with van der Waals surface area (Å²) in [6.45, 7) is 4.02. The van der Waals surface area contributed by atoms with Gasteiger partial charge in [0.05, 0.1) is 19.6 Å². The van der Waals surface area contributed by atoms with Crippen LogP contribution in [0.2, 0.25) is 0 Å². The highest BCUT2D eigenvalue weighted by Crippen LogP contribution is 2.28. The molecule has 38 heavy (non-hydrogen) atoms. The van der Waals surface area contributed by atoms with Crippen molar-refractivity contribution in [2.45, 2.75) is 83.2 Å². The third kappa shape index (κ3) is 10.0. The lowest BCUT2D eigenvalue weighted by Crippen LogP contribution is -2.53. The van der Waals surface area contributed by atoms with Crippen molar-refractivity contribution < 1.29 is 28.7 Å². The minimum Gasteiger partial charge on any atom is -0.465 e. The van der Waals surface area contributed by atoms with Gasteiger partial charge in [-0.15, -0.1) is 0 Å². The van der Waals surface area contributed by atoms with E-state index in [-0.39, 0.29) is 37.4 Å². The second kappa shape index (κ2) is 15.4. The topological polar surface area (TPSA) is 156 Å².